The van der Waals surface area contributed by atoms with Gasteiger partial charge in [0, 0.05) is 0 Å². The van der Waals surface area contributed by atoms with Crippen molar-refractivity contribution in [2.75, 3.05) is 0 Å². The summed E-state index contributed by atoms with van der Waals surface area (Å²) in [5, 5.41) is 2.01. The predicted molar refractivity (Wildman–Crippen MR) is 124 cm³/mol. The van der Waals surface area contributed by atoms with Crippen LogP contribution in [0.4, 0.5) is 0 Å². The van der Waals surface area contributed by atoms with Gasteiger partial charge in [-0.25, -0.2) is 0 Å². The van der Waals surface area contributed by atoms with Crippen LogP contribution in [0.15, 0.2) is 97.1 Å². The summed E-state index contributed by atoms with van der Waals surface area (Å²) in [6.07, 6.45) is 4.10. The van der Waals surface area contributed by atoms with Crippen molar-refractivity contribution >= 4 is 30.7 Å². The molecule has 0 aromatic heterocycles. The van der Waals surface area contributed by atoms with Gasteiger partial charge in [0.15, 0.2) is 0 Å². The molecule has 0 spiro atoms. The maximum Gasteiger partial charge on any atom is 0.323 e. The van der Waals surface area contributed by atoms with E-state index < -0.39 is 8.32 Å². The Bertz CT molecular complexity index is 903. The second kappa shape index (κ2) is 9.06. The Labute approximate surface area is 175 Å². The van der Waals surface area contributed by atoms with Gasteiger partial charge in [-0.2, -0.15) is 0 Å². The van der Waals surface area contributed by atoms with E-state index in [9.17, 15) is 4.79 Å². The van der Waals surface area contributed by atoms with E-state index in [1.807, 2.05) is 78.9 Å². The molecule has 3 aromatic rings. The molecule has 0 saturated carbocycles. The van der Waals surface area contributed by atoms with Gasteiger partial charge >= 0.3 is 8.32 Å². The highest BCUT2D eigenvalue weighted by Gasteiger charge is 2.52. The molecule has 0 heterocycles. The van der Waals surface area contributed by atoms with Crippen LogP contribution < -0.4 is 10.4 Å². The SMILES string of the molecule is CC(C)(C)[Si](OC(=O)C/C=C/c1ccccc1)(c1ccccc1)c1ccccc1. The van der Waals surface area contributed by atoms with Crippen LogP contribution in [0.2, 0.25) is 5.04 Å². The largest absolute Gasteiger partial charge is 0.509 e. The summed E-state index contributed by atoms with van der Waals surface area (Å²) in [7, 11) is -2.83. The van der Waals surface area contributed by atoms with Crippen molar-refractivity contribution < 1.29 is 9.22 Å². The Morgan fingerprint density at radius 2 is 1.24 bits per heavy atom. The van der Waals surface area contributed by atoms with E-state index in [1.165, 1.54) is 0 Å². The summed E-state index contributed by atoms with van der Waals surface area (Å²) in [4.78, 5) is 13.0. The molecule has 148 valence electrons. The van der Waals surface area contributed by atoms with Gasteiger partial charge < -0.3 is 4.43 Å². The van der Waals surface area contributed by atoms with Crippen LogP contribution in [0.1, 0.15) is 32.8 Å². The Morgan fingerprint density at radius 3 is 1.69 bits per heavy atom. The van der Waals surface area contributed by atoms with Crippen molar-refractivity contribution in [2.24, 2.45) is 0 Å². The molecule has 2 nitrogen and oxygen atoms in total. The van der Waals surface area contributed by atoms with E-state index in [1.54, 1.807) is 0 Å². The van der Waals surface area contributed by atoms with Gasteiger partial charge in [-0.3, -0.25) is 4.79 Å². The second-order valence-corrected chi connectivity index (χ2v) is 12.4. The Balaban J connectivity index is 1.95. The Kier molecular flexibility index (Phi) is 6.50. The lowest BCUT2D eigenvalue weighted by Crippen LogP contribution is -2.67. The fraction of sp³-hybridized carbons (Fsp3) is 0.192. The molecular formula is C26H28O2Si. The summed E-state index contributed by atoms with van der Waals surface area (Å²) in [5.74, 6) is -0.188. The van der Waals surface area contributed by atoms with Gasteiger partial charge in [-0.15, -0.1) is 0 Å². The molecule has 29 heavy (non-hydrogen) atoms. The summed E-state index contributed by atoms with van der Waals surface area (Å²) in [6.45, 7) is 6.52. The lowest BCUT2D eigenvalue weighted by Gasteiger charge is -2.42. The fourth-order valence-electron chi connectivity index (χ4n) is 3.72. The molecule has 3 rings (SSSR count). The average molecular weight is 401 g/mol. The summed E-state index contributed by atoms with van der Waals surface area (Å²) < 4.78 is 6.46. The smallest absolute Gasteiger partial charge is 0.323 e. The number of rotatable bonds is 6. The molecule has 0 aliphatic heterocycles. The zero-order valence-electron chi connectivity index (χ0n) is 17.3. The van der Waals surface area contributed by atoms with E-state index in [-0.39, 0.29) is 17.4 Å². The number of carbonyl (C=O) groups excluding carboxylic acids is 1. The van der Waals surface area contributed by atoms with Gasteiger partial charge in [0.2, 0.25) is 0 Å². The molecule has 0 radical (unpaired) electrons. The first-order chi connectivity index (χ1) is 13.9. The van der Waals surface area contributed by atoms with Crippen molar-refractivity contribution in [1.29, 1.82) is 0 Å². The van der Waals surface area contributed by atoms with Gasteiger partial charge in [0.25, 0.3) is 5.97 Å². The fourth-order valence-corrected chi connectivity index (χ4v) is 8.07. The van der Waals surface area contributed by atoms with E-state index in [0.717, 1.165) is 15.9 Å². The first-order valence-electron chi connectivity index (χ1n) is 9.98. The van der Waals surface area contributed by atoms with E-state index in [0.29, 0.717) is 0 Å². The first-order valence-corrected chi connectivity index (χ1v) is 11.9. The Morgan fingerprint density at radius 1 is 0.793 bits per heavy atom. The third-order valence-corrected chi connectivity index (χ3v) is 10.0. The summed E-state index contributed by atoms with van der Waals surface area (Å²) in [6, 6.07) is 30.5. The van der Waals surface area contributed by atoms with Crippen molar-refractivity contribution in [3.63, 3.8) is 0 Å². The van der Waals surface area contributed by atoms with Crippen LogP contribution in [-0.2, 0) is 9.22 Å². The van der Waals surface area contributed by atoms with Crippen LogP contribution in [0.5, 0.6) is 0 Å². The quantitative estimate of drug-likeness (QED) is 0.532. The van der Waals surface area contributed by atoms with Crippen LogP contribution >= 0.6 is 0 Å². The average Bonchev–Trinajstić information content (AvgIpc) is 2.73. The molecule has 0 amide bonds. The zero-order valence-corrected chi connectivity index (χ0v) is 18.3. The van der Waals surface area contributed by atoms with Gasteiger partial charge in [0.1, 0.15) is 0 Å². The Hall–Kier alpha value is -2.91. The van der Waals surface area contributed by atoms with Crippen LogP contribution in [0, 0.1) is 0 Å². The molecule has 0 atom stereocenters. The normalized spacial score (nSPS) is 12.1. The van der Waals surface area contributed by atoms with Crippen molar-refractivity contribution in [3.05, 3.63) is 103 Å². The highest BCUT2D eigenvalue weighted by molar-refractivity contribution is 7.00. The number of hydrogen-bond acceptors (Lipinski definition) is 2. The predicted octanol–water partition coefficient (Wildman–Crippen LogP) is 5.19. The van der Waals surface area contributed by atoms with Crippen LogP contribution in [-0.4, -0.2) is 14.3 Å². The second-order valence-electron chi connectivity index (χ2n) is 8.15. The summed E-state index contributed by atoms with van der Waals surface area (Å²) in [5.41, 5.74) is 1.07. The maximum absolute atomic E-state index is 13.0. The van der Waals surface area contributed by atoms with E-state index in [2.05, 4.69) is 45.0 Å². The minimum atomic E-state index is -2.83. The summed E-state index contributed by atoms with van der Waals surface area (Å²) >= 11 is 0. The van der Waals surface area contributed by atoms with Crippen LogP contribution in [0.25, 0.3) is 6.08 Å². The van der Waals surface area contributed by atoms with Crippen LogP contribution in [0.3, 0.4) is 0 Å². The number of hydrogen-bond donors (Lipinski definition) is 0. The minimum Gasteiger partial charge on any atom is -0.509 e. The zero-order chi connectivity index (χ0) is 20.7. The molecular weight excluding hydrogens is 372 g/mol. The minimum absolute atomic E-state index is 0.188. The van der Waals surface area contributed by atoms with Crippen molar-refractivity contribution in [2.45, 2.75) is 32.2 Å². The first kappa shape index (κ1) is 20.8. The molecule has 3 aromatic carbocycles. The monoisotopic (exact) mass is 400 g/mol. The lowest BCUT2D eigenvalue weighted by molar-refractivity contribution is -0.134. The number of carbonyl (C=O) groups is 1. The van der Waals surface area contributed by atoms with E-state index in [4.69, 9.17) is 4.43 Å². The van der Waals surface area contributed by atoms with Crippen molar-refractivity contribution in [3.8, 4) is 0 Å². The number of benzene rings is 3. The molecule has 0 aliphatic carbocycles. The standard InChI is InChI=1S/C26H28O2Si/c1-26(2,3)29(23-17-9-5-10-18-23,24-19-11-6-12-20-24)28-25(27)21-13-16-22-14-7-4-8-15-22/h4-20H,21H2,1-3H3/b16-13+. The van der Waals surface area contributed by atoms with E-state index >= 15 is 0 Å². The topological polar surface area (TPSA) is 26.3 Å². The molecule has 3 heteroatoms. The third kappa shape index (κ3) is 4.74. The van der Waals surface area contributed by atoms with Gasteiger partial charge in [-0.05, 0) is 21.0 Å². The van der Waals surface area contributed by atoms with Gasteiger partial charge in [-0.1, -0.05) is 124 Å². The molecule has 0 aliphatic rings. The molecule has 0 unspecified atom stereocenters. The van der Waals surface area contributed by atoms with Crippen molar-refractivity contribution in [1.82, 2.24) is 0 Å². The molecule has 0 N–H and O–H groups in total. The molecule has 0 fully saturated rings. The third-order valence-electron chi connectivity index (χ3n) is 5.08. The highest BCUT2D eigenvalue weighted by Crippen LogP contribution is 2.37. The molecule has 0 bridgehead atoms. The highest BCUT2D eigenvalue weighted by atomic mass is 28.4. The lowest BCUT2D eigenvalue weighted by atomic mass is 10.2. The molecule has 0 saturated heterocycles. The maximum atomic E-state index is 13.0. The van der Waals surface area contributed by atoms with Gasteiger partial charge in [0.05, 0.1) is 6.42 Å².